The zero-order valence-corrected chi connectivity index (χ0v) is 18.5. The predicted octanol–water partition coefficient (Wildman–Crippen LogP) is 2.24. The molecule has 0 saturated carbocycles. The number of amides is 2. The van der Waals surface area contributed by atoms with Gasteiger partial charge in [-0.25, -0.2) is 0 Å². The first-order chi connectivity index (χ1) is 16.1. The lowest BCUT2D eigenvalue weighted by molar-refractivity contribution is -0.132. The second-order valence-electron chi connectivity index (χ2n) is 8.65. The summed E-state index contributed by atoms with van der Waals surface area (Å²) in [6, 6.07) is 22.3. The fraction of sp³-hybridized carbons (Fsp3) is 0.308. The molecular weight excluding hydrogens is 416 g/mol. The van der Waals surface area contributed by atoms with E-state index in [0.717, 1.165) is 25.3 Å². The number of anilines is 1. The van der Waals surface area contributed by atoms with Gasteiger partial charge >= 0.3 is 0 Å². The Morgan fingerprint density at radius 3 is 2.45 bits per heavy atom. The fourth-order valence-corrected chi connectivity index (χ4v) is 4.69. The summed E-state index contributed by atoms with van der Waals surface area (Å²) in [7, 11) is 0. The molecule has 1 atom stereocenters. The third kappa shape index (κ3) is 4.50. The fourth-order valence-electron chi connectivity index (χ4n) is 4.69. The highest BCUT2D eigenvalue weighted by Crippen LogP contribution is 2.33. The van der Waals surface area contributed by atoms with Crippen molar-refractivity contribution in [2.45, 2.75) is 12.6 Å². The van der Waals surface area contributed by atoms with Gasteiger partial charge in [-0.2, -0.15) is 0 Å². The Kier molecular flexibility index (Phi) is 5.88. The standard InChI is InChI=1S/C26H28N4O3/c27-26(32)24-17-30(22-10-3-4-11-23(22)33-24)18-25(31)29-14-12-28(13-15-29)16-20-8-5-7-19-6-1-2-9-21(19)20/h1-11,24H,12-18H2,(H2,27,32). The van der Waals surface area contributed by atoms with Gasteiger partial charge in [0.15, 0.2) is 6.10 Å². The van der Waals surface area contributed by atoms with Crippen molar-refractivity contribution in [3.63, 3.8) is 0 Å². The molecule has 1 unspecified atom stereocenters. The molecule has 0 bridgehead atoms. The number of para-hydroxylation sites is 2. The third-order valence-electron chi connectivity index (χ3n) is 6.50. The number of benzene rings is 3. The Bertz CT molecular complexity index is 1170. The van der Waals surface area contributed by atoms with E-state index in [1.54, 1.807) is 6.07 Å². The van der Waals surface area contributed by atoms with Crippen molar-refractivity contribution in [1.82, 2.24) is 9.80 Å². The molecule has 1 fully saturated rings. The molecule has 5 rings (SSSR count). The van der Waals surface area contributed by atoms with E-state index in [0.29, 0.717) is 18.8 Å². The molecule has 2 amide bonds. The van der Waals surface area contributed by atoms with Crippen LogP contribution in [0.25, 0.3) is 10.8 Å². The molecule has 0 spiro atoms. The molecule has 7 heteroatoms. The van der Waals surface area contributed by atoms with Crippen molar-refractivity contribution in [2.24, 2.45) is 5.73 Å². The summed E-state index contributed by atoms with van der Waals surface area (Å²) >= 11 is 0. The highest BCUT2D eigenvalue weighted by atomic mass is 16.5. The number of carbonyl (C=O) groups excluding carboxylic acids is 2. The maximum atomic E-state index is 13.1. The molecule has 2 aliphatic rings. The van der Waals surface area contributed by atoms with Crippen LogP contribution in [0.3, 0.4) is 0 Å². The minimum Gasteiger partial charge on any atom is -0.477 e. The van der Waals surface area contributed by atoms with Crippen LogP contribution in [0, 0.1) is 0 Å². The van der Waals surface area contributed by atoms with Gasteiger partial charge in [-0.1, -0.05) is 54.6 Å². The van der Waals surface area contributed by atoms with Crippen LogP contribution < -0.4 is 15.4 Å². The molecule has 2 heterocycles. The Balaban J connectivity index is 1.21. The Hall–Kier alpha value is -3.58. The zero-order valence-electron chi connectivity index (χ0n) is 18.5. The number of fused-ring (bicyclic) bond motifs is 2. The number of rotatable bonds is 5. The van der Waals surface area contributed by atoms with Crippen molar-refractivity contribution in [2.75, 3.05) is 44.2 Å². The number of hydrogen-bond donors (Lipinski definition) is 1. The van der Waals surface area contributed by atoms with Crippen LogP contribution in [-0.2, 0) is 16.1 Å². The first-order valence-electron chi connectivity index (χ1n) is 11.4. The van der Waals surface area contributed by atoms with Crippen LogP contribution in [0.15, 0.2) is 66.7 Å². The van der Waals surface area contributed by atoms with Crippen molar-refractivity contribution < 1.29 is 14.3 Å². The van der Waals surface area contributed by atoms with E-state index in [1.807, 2.05) is 28.0 Å². The molecular formula is C26H28N4O3. The summed E-state index contributed by atoms with van der Waals surface area (Å²) in [6.07, 6.45) is -0.759. The van der Waals surface area contributed by atoms with Gasteiger partial charge in [-0.05, 0) is 28.5 Å². The van der Waals surface area contributed by atoms with Crippen LogP contribution >= 0.6 is 0 Å². The summed E-state index contributed by atoms with van der Waals surface area (Å²) in [5.41, 5.74) is 7.61. The Labute approximate surface area is 193 Å². The van der Waals surface area contributed by atoms with Crippen LogP contribution in [0.1, 0.15) is 5.56 Å². The van der Waals surface area contributed by atoms with E-state index >= 15 is 0 Å². The number of carbonyl (C=O) groups is 2. The van der Waals surface area contributed by atoms with Gasteiger partial charge in [0, 0.05) is 32.7 Å². The number of nitrogens with two attached hydrogens (primary N) is 1. The number of ether oxygens (including phenoxy) is 1. The smallest absolute Gasteiger partial charge is 0.260 e. The lowest BCUT2D eigenvalue weighted by atomic mass is 10.0. The van der Waals surface area contributed by atoms with E-state index in [9.17, 15) is 9.59 Å². The van der Waals surface area contributed by atoms with Gasteiger partial charge in [0.05, 0.1) is 18.8 Å². The van der Waals surface area contributed by atoms with Crippen molar-refractivity contribution in [3.8, 4) is 5.75 Å². The van der Waals surface area contributed by atoms with Crippen LogP contribution in [-0.4, -0.2) is 67.0 Å². The van der Waals surface area contributed by atoms with E-state index in [-0.39, 0.29) is 19.0 Å². The molecule has 0 aromatic heterocycles. The quantitative estimate of drug-likeness (QED) is 0.653. The predicted molar refractivity (Wildman–Crippen MR) is 128 cm³/mol. The normalized spacial score (nSPS) is 18.6. The largest absolute Gasteiger partial charge is 0.477 e. The van der Waals surface area contributed by atoms with Crippen molar-refractivity contribution in [3.05, 3.63) is 72.3 Å². The summed E-state index contributed by atoms with van der Waals surface area (Å²) in [5, 5.41) is 2.54. The molecule has 2 aliphatic heterocycles. The van der Waals surface area contributed by atoms with Gasteiger partial charge in [-0.3, -0.25) is 14.5 Å². The Morgan fingerprint density at radius 1 is 0.909 bits per heavy atom. The molecule has 0 radical (unpaired) electrons. The van der Waals surface area contributed by atoms with Crippen LogP contribution in [0.5, 0.6) is 5.75 Å². The summed E-state index contributed by atoms with van der Waals surface area (Å²) in [5.74, 6) is 0.115. The zero-order chi connectivity index (χ0) is 22.8. The second-order valence-corrected chi connectivity index (χ2v) is 8.65. The molecule has 3 aromatic rings. The van der Waals surface area contributed by atoms with E-state index in [2.05, 4.69) is 47.4 Å². The van der Waals surface area contributed by atoms with Crippen molar-refractivity contribution >= 4 is 28.3 Å². The third-order valence-corrected chi connectivity index (χ3v) is 6.50. The minimum absolute atomic E-state index is 0.0553. The van der Waals surface area contributed by atoms with E-state index in [4.69, 9.17) is 10.5 Å². The SMILES string of the molecule is NC(=O)C1CN(CC(=O)N2CCN(Cc3cccc4ccccc34)CC2)c2ccccc2O1. The maximum Gasteiger partial charge on any atom is 0.260 e. The van der Waals surface area contributed by atoms with Crippen LogP contribution in [0.2, 0.25) is 0 Å². The highest BCUT2D eigenvalue weighted by Gasteiger charge is 2.31. The number of nitrogens with zero attached hydrogens (tertiary/aromatic N) is 3. The van der Waals surface area contributed by atoms with E-state index in [1.165, 1.54) is 16.3 Å². The molecule has 33 heavy (non-hydrogen) atoms. The topological polar surface area (TPSA) is 79.1 Å². The van der Waals surface area contributed by atoms with Gasteiger partial charge < -0.3 is 20.3 Å². The summed E-state index contributed by atoms with van der Waals surface area (Å²) < 4.78 is 5.70. The lowest BCUT2D eigenvalue weighted by Gasteiger charge is -2.38. The van der Waals surface area contributed by atoms with Crippen LogP contribution in [0.4, 0.5) is 5.69 Å². The minimum atomic E-state index is -0.759. The summed E-state index contributed by atoms with van der Waals surface area (Å²) in [4.78, 5) is 31.1. The van der Waals surface area contributed by atoms with Crippen molar-refractivity contribution in [1.29, 1.82) is 0 Å². The van der Waals surface area contributed by atoms with Gasteiger partial charge in [-0.15, -0.1) is 0 Å². The average molecular weight is 445 g/mol. The maximum absolute atomic E-state index is 13.1. The Morgan fingerprint density at radius 2 is 1.64 bits per heavy atom. The molecule has 2 N–H and O–H groups in total. The monoisotopic (exact) mass is 444 g/mol. The number of piperazine rings is 1. The lowest BCUT2D eigenvalue weighted by Crippen LogP contribution is -2.53. The average Bonchev–Trinajstić information content (AvgIpc) is 2.84. The first kappa shape index (κ1) is 21.3. The highest BCUT2D eigenvalue weighted by molar-refractivity contribution is 5.86. The molecule has 0 aliphatic carbocycles. The number of hydrogen-bond acceptors (Lipinski definition) is 5. The molecule has 170 valence electrons. The van der Waals surface area contributed by atoms with Gasteiger partial charge in [0.2, 0.25) is 5.91 Å². The summed E-state index contributed by atoms with van der Waals surface area (Å²) in [6.45, 7) is 4.40. The second kappa shape index (κ2) is 9.11. The molecule has 7 nitrogen and oxygen atoms in total. The molecule has 3 aromatic carbocycles. The van der Waals surface area contributed by atoms with Gasteiger partial charge in [0.25, 0.3) is 5.91 Å². The van der Waals surface area contributed by atoms with E-state index < -0.39 is 12.0 Å². The number of primary amides is 1. The molecule has 1 saturated heterocycles. The van der Waals surface area contributed by atoms with Gasteiger partial charge in [0.1, 0.15) is 5.75 Å². The first-order valence-corrected chi connectivity index (χ1v) is 11.4.